The highest BCUT2D eigenvalue weighted by atomic mass is 19.4. The van der Waals surface area contributed by atoms with Gasteiger partial charge in [-0.2, -0.15) is 18.3 Å². The van der Waals surface area contributed by atoms with Crippen LogP contribution in [0, 0.1) is 24.7 Å². The maximum absolute atomic E-state index is 12.7. The molecule has 0 spiro atoms. The maximum atomic E-state index is 12.7. The lowest BCUT2D eigenvalue weighted by atomic mass is 9.95. The Bertz CT molecular complexity index is 1130. The molecule has 7 nitrogen and oxygen atoms in total. The van der Waals surface area contributed by atoms with Crippen LogP contribution in [0.1, 0.15) is 49.8 Å². The van der Waals surface area contributed by atoms with E-state index in [1.807, 2.05) is 10.7 Å². The molecule has 3 aromatic rings. The summed E-state index contributed by atoms with van der Waals surface area (Å²) in [4.78, 5) is 15.1. The highest BCUT2D eigenvalue weighted by molar-refractivity contribution is 5.91. The Morgan fingerprint density at radius 1 is 1.12 bits per heavy atom. The topological polar surface area (TPSA) is 107 Å². The molecule has 3 N–H and O–H groups in total. The molecular weight excluding hydrogens is 435 g/mol. The van der Waals surface area contributed by atoms with Gasteiger partial charge in [-0.1, -0.05) is 31.4 Å². The molecule has 0 bridgehead atoms. The molecule has 2 aromatic heterocycles. The number of fused-ring (bicyclic) bond motifs is 1. The second-order valence-electron chi connectivity index (χ2n) is 7.34. The molecule has 33 heavy (non-hydrogen) atoms. The minimum Gasteiger partial charge on any atom is -0.379 e. The van der Waals surface area contributed by atoms with E-state index in [0.717, 1.165) is 31.2 Å². The van der Waals surface area contributed by atoms with E-state index in [4.69, 9.17) is 5.26 Å². The maximum Gasteiger partial charge on any atom is 0.418 e. The van der Waals surface area contributed by atoms with Crippen molar-refractivity contribution >= 4 is 22.4 Å². The smallest absolute Gasteiger partial charge is 0.379 e. The molecule has 1 fully saturated rings. The number of pyridine rings is 1. The van der Waals surface area contributed by atoms with Gasteiger partial charge in [0.05, 0.1) is 11.6 Å². The van der Waals surface area contributed by atoms with E-state index in [1.165, 1.54) is 30.7 Å². The lowest BCUT2D eigenvalue weighted by molar-refractivity contribution is -0.206. The number of aromatic nitrogens is 3. The molecule has 0 saturated heterocycles. The van der Waals surface area contributed by atoms with E-state index in [9.17, 15) is 23.1 Å². The molecule has 4 rings (SSSR count). The first-order valence-corrected chi connectivity index (χ1v) is 10.2. The number of benzene rings is 1. The van der Waals surface area contributed by atoms with Gasteiger partial charge in [0.2, 0.25) is 0 Å². The molecule has 0 unspecified atom stereocenters. The number of hydrogen-bond acceptors (Lipinski definition) is 5. The number of aliphatic hydroxyl groups excluding tert-OH is 1. The molecule has 0 aliphatic heterocycles. The van der Waals surface area contributed by atoms with Crippen molar-refractivity contribution in [1.29, 1.82) is 5.26 Å². The number of rotatable bonds is 4. The predicted octanol–water partition coefficient (Wildman–Crippen LogP) is 4.96. The number of alkyl halides is 3. The summed E-state index contributed by atoms with van der Waals surface area (Å²) in [6, 6.07) is 7.27. The SMILES string of the molecule is C#C.C#N.O=c1[nH]ccc2c1c(Nc1ccc([C@@H](O)C(F)(F)F)cc1)nn2C1CCCCC1. The Labute approximate surface area is 188 Å². The predicted molar refractivity (Wildman–Crippen MR) is 120 cm³/mol. The second kappa shape index (κ2) is 11.2. The number of halogens is 3. The lowest BCUT2D eigenvalue weighted by Gasteiger charge is -2.22. The number of nitriles is 1. The van der Waals surface area contributed by atoms with Crippen LogP contribution in [-0.4, -0.2) is 26.0 Å². The van der Waals surface area contributed by atoms with Gasteiger partial charge in [-0.25, -0.2) is 5.26 Å². The molecule has 174 valence electrons. The van der Waals surface area contributed by atoms with Crippen molar-refractivity contribution in [3.05, 3.63) is 52.4 Å². The van der Waals surface area contributed by atoms with Crippen LogP contribution >= 0.6 is 0 Å². The number of aliphatic hydroxyl groups is 1. The van der Waals surface area contributed by atoms with Gasteiger partial charge in [0.25, 0.3) is 5.56 Å². The van der Waals surface area contributed by atoms with E-state index >= 15 is 0 Å². The normalized spacial score (nSPS) is 14.9. The van der Waals surface area contributed by atoms with Crippen molar-refractivity contribution in [2.45, 2.75) is 50.4 Å². The van der Waals surface area contributed by atoms with Crippen LogP contribution in [0.25, 0.3) is 10.9 Å². The molecule has 1 atom stereocenters. The molecule has 1 aromatic carbocycles. The first-order chi connectivity index (χ1) is 15.8. The number of anilines is 2. The Balaban J connectivity index is 0.000000914. The van der Waals surface area contributed by atoms with E-state index in [0.29, 0.717) is 16.9 Å². The highest BCUT2D eigenvalue weighted by Crippen LogP contribution is 2.34. The number of H-pyrrole nitrogens is 1. The first-order valence-electron chi connectivity index (χ1n) is 10.2. The number of aromatic amines is 1. The van der Waals surface area contributed by atoms with Crippen LogP contribution < -0.4 is 10.9 Å². The zero-order chi connectivity index (χ0) is 24.6. The Morgan fingerprint density at radius 2 is 1.73 bits per heavy atom. The van der Waals surface area contributed by atoms with Gasteiger partial charge >= 0.3 is 6.18 Å². The summed E-state index contributed by atoms with van der Waals surface area (Å²) in [5.41, 5.74) is 0.670. The Morgan fingerprint density at radius 3 is 2.30 bits per heavy atom. The standard InChI is InChI=1S/C20H21F3N4O2.C2H2.CHN/c21-20(22,23)17(28)12-6-8-13(9-7-12)25-18-16-15(10-11-24-19(16)29)27(26-18)14-4-2-1-3-5-14;2*1-2/h6-11,14,17,28H,1-5H2,(H,24,29)(H,25,26);1-2H;1H/t17-;;/m1../s1. The van der Waals surface area contributed by atoms with Crippen LogP contribution in [-0.2, 0) is 0 Å². The number of terminal acetylenes is 1. The zero-order valence-corrected chi connectivity index (χ0v) is 17.7. The quantitative estimate of drug-likeness (QED) is 0.478. The van der Waals surface area contributed by atoms with Gasteiger partial charge in [-0.3, -0.25) is 9.48 Å². The van der Waals surface area contributed by atoms with Crippen LogP contribution in [0.4, 0.5) is 24.7 Å². The zero-order valence-electron chi connectivity index (χ0n) is 17.7. The second-order valence-corrected chi connectivity index (χ2v) is 7.34. The van der Waals surface area contributed by atoms with Crippen molar-refractivity contribution < 1.29 is 18.3 Å². The van der Waals surface area contributed by atoms with E-state index in [1.54, 1.807) is 6.20 Å². The number of nitrogens with zero attached hydrogens (tertiary/aromatic N) is 3. The first kappa shape index (κ1) is 25.5. The summed E-state index contributed by atoms with van der Waals surface area (Å²) in [6.45, 7) is 3.50. The molecule has 1 aliphatic carbocycles. The van der Waals surface area contributed by atoms with Gasteiger partial charge in [0.1, 0.15) is 5.39 Å². The Kier molecular flexibility index (Phi) is 8.66. The van der Waals surface area contributed by atoms with E-state index in [-0.39, 0.29) is 17.2 Å². The third kappa shape index (κ3) is 5.73. The fourth-order valence-electron chi connectivity index (χ4n) is 3.87. The van der Waals surface area contributed by atoms with Gasteiger partial charge < -0.3 is 15.4 Å². The molecule has 2 heterocycles. The average molecular weight is 459 g/mol. The fraction of sp³-hybridized carbons (Fsp3) is 0.348. The molecule has 0 radical (unpaired) electrons. The summed E-state index contributed by atoms with van der Waals surface area (Å²) in [6.07, 6.45) is 7.73. The van der Waals surface area contributed by atoms with E-state index < -0.39 is 12.3 Å². The molecule has 10 heteroatoms. The molecule has 1 aliphatic rings. The van der Waals surface area contributed by atoms with Crippen LogP contribution in [0.3, 0.4) is 0 Å². The van der Waals surface area contributed by atoms with Crippen LogP contribution in [0.2, 0.25) is 0 Å². The lowest BCUT2D eigenvalue weighted by Crippen LogP contribution is -2.20. The largest absolute Gasteiger partial charge is 0.418 e. The van der Waals surface area contributed by atoms with Crippen molar-refractivity contribution in [3.8, 4) is 19.4 Å². The number of nitrogens with one attached hydrogen (secondary N) is 2. The molecule has 0 amide bonds. The van der Waals surface area contributed by atoms with Crippen molar-refractivity contribution in [1.82, 2.24) is 14.8 Å². The van der Waals surface area contributed by atoms with Gasteiger partial charge in [-0.15, -0.1) is 12.8 Å². The highest BCUT2D eigenvalue weighted by Gasteiger charge is 2.39. The monoisotopic (exact) mass is 459 g/mol. The van der Waals surface area contributed by atoms with Crippen molar-refractivity contribution in [2.75, 3.05) is 5.32 Å². The number of hydrogen-bond donors (Lipinski definition) is 3. The summed E-state index contributed by atoms with van der Waals surface area (Å²) >= 11 is 0. The fourth-order valence-corrected chi connectivity index (χ4v) is 3.87. The average Bonchev–Trinajstić information content (AvgIpc) is 3.21. The van der Waals surface area contributed by atoms with E-state index in [2.05, 4.69) is 34.8 Å². The third-order valence-electron chi connectivity index (χ3n) is 5.35. The van der Waals surface area contributed by atoms with Gasteiger partial charge in [-0.05, 0) is 36.6 Å². The van der Waals surface area contributed by atoms with Crippen molar-refractivity contribution in [3.63, 3.8) is 0 Å². The molecular formula is C23H24F3N5O2. The van der Waals surface area contributed by atoms with Crippen molar-refractivity contribution in [2.24, 2.45) is 0 Å². The van der Waals surface area contributed by atoms with Gasteiger partial charge in [0.15, 0.2) is 11.9 Å². The summed E-state index contributed by atoms with van der Waals surface area (Å²) in [5, 5.41) is 23.9. The minimum absolute atomic E-state index is 0.216. The molecule has 1 saturated carbocycles. The summed E-state index contributed by atoms with van der Waals surface area (Å²) in [5.74, 6) is 0.358. The summed E-state index contributed by atoms with van der Waals surface area (Å²) < 4.78 is 39.9. The Hall–Kier alpha value is -3.76. The van der Waals surface area contributed by atoms with Gasteiger partial charge in [0, 0.05) is 18.5 Å². The third-order valence-corrected chi connectivity index (χ3v) is 5.35. The van der Waals surface area contributed by atoms with Crippen LogP contribution in [0.5, 0.6) is 0 Å². The minimum atomic E-state index is -4.72. The summed E-state index contributed by atoms with van der Waals surface area (Å²) in [7, 11) is 0. The van der Waals surface area contributed by atoms with Crippen LogP contribution in [0.15, 0.2) is 41.3 Å².